The molecule has 1 atom stereocenters. The van der Waals surface area contributed by atoms with Crippen molar-refractivity contribution in [1.29, 1.82) is 0 Å². The van der Waals surface area contributed by atoms with Gasteiger partial charge in [-0.05, 0) is 45.0 Å². The molecule has 0 amide bonds. The third-order valence-corrected chi connectivity index (χ3v) is 4.07. The van der Waals surface area contributed by atoms with Gasteiger partial charge in [-0.1, -0.05) is 6.42 Å². The van der Waals surface area contributed by atoms with Crippen molar-refractivity contribution in [2.75, 3.05) is 27.3 Å². The van der Waals surface area contributed by atoms with Gasteiger partial charge in [-0.2, -0.15) is 0 Å². The number of nitrogens with zero attached hydrogens (tertiary/aromatic N) is 1. The van der Waals surface area contributed by atoms with E-state index in [0.717, 1.165) is 23.5 Å². The van der Waals surface area contributed by atoms with Crippen molar-refractivity contribution in [2.24, 2.45) is 0 Å². The molecule has 0 saturated carbocycles. The molecule has 1 aliphatic heterocycles. The molecule has 0 aromatic heterocycles. The zero-order valence-electron chi connectivity index (χ0n) is 12.5. The molecule has 4 heteroatoms. The highest BCUT2D eigenvalue weighted by Crippen LogP contribution is 2.25. The fraction of sp³-hybridized carbons (Fsp3) is 0.625. The highest BCUT2D eigenvalue weighted by molar-refractivity contribution is 5.40. The number of ether oxygens (including phenoxy) is 2. The maximum atomic E-state index is 9.34. The predicted molar refractivity (Wildman–Crippen MR) is 79.3 cm³/mol. The molecule has 1 aromatic carbocycles. The Hall–Kier alpha value is -1.26. The lowest BCUT2D eigenvalue weighted by atomic mass is 10.0. The molecule has 0 radical (unpaired) electrons. The molecule has 1 fully saturated rings. The first-order valence-electron chi connectivity index (χ1n) is 7.35. The maximum absolute atomic E-state index is 9.34. The van der Waals surface area contributed by atoms with Gasteiger partial charge in [0.25, 0.3) is 0 Å². The van der Waals surface area contributed by atoms with E-state index in [-0.39, 0.29) is 6.61 Å². The number of rotatable bonds is 6. The summed E-state index contributed by atoms with van der Waals surface area (Å²) in [5, 5.41) is 9.34. The highest BCUT2D eigenvalue weighted by Gasteiger charge is 2.18. The lowest BCUT2D eigenvalue weighted by Crippen LogP contribution is -2.37. The van der Waals surface area contributed by atoms with Gasteiger partial charge in [0.05, 0.1) is 20.3 Å². The van der Waals surface area contributed by atoms with Gasteiger partial charge >= 0.3 is 0 Å². The number of aliphatic hydroxyl groups excluding tert-OH is 1. The van der Waals surface area contributed by atoms with E-state index >= 15 is 0 Å². The summed E-state index contributed by atoms with van der Waals surface area (Å²) in [7, 11) is 3.82. The van der Waals surface area contributed by atoms with E-state index < -0.39 is 0 Å². The zero-order chi connectivity index (χ0) is 14.4. The molecule has 20 heavy (non-hydrogen) atoms. The summed E-state index contributed by atoms with van der Waals surface area (Å²) in [6.07, 6.45) is 4.90. The minimum atomic E-state index is -0.0113. The van der Waals surface area contributed by atoms with E-state index in [0.29, 0.717) is 12.6 Å². The summed E-state index contributed by atoms with van der Waals surface area (Å²) in [6, 6.07) is 6.15. The van der Waals surface area contributed by atoms with Crippen LogP contribution in [0.4, 0.5) is 0 Å². The number of hydrogen-bond donors (Lipinski definition) is 1. The number of methoxy groups -OCH3 is 1. The number of piperidine rings is 1. The van der Waals surface area contributed by atoms with Gasteiger partial charge in [0.2, 0.25) is 0 Å². The van der Waals surface area contributed by atoms with Crippen LogP contribution in [0, 0.1) is 0 Å². The van der Waals surface area contributed by atoms with Crippen molar-refractivity contribution in [2.45, 2.75) is 38.3 Å². The minimum Gasteiger partial charge on any atom is -0.497 e. The van der Waals surface area contributed by atoms with Crippen molar-refractivity contribution in [3.8, 4) is 11.5 Å². The SMILES string of the molecule is COc1ccc(CO)c(OCCC2CCCCN2C)c1. The highest BCUT2D eigenvalue weighted by atomic mass is 16.5. The molecule has 0 spiro atoms. The Morgan fingerprint density at radius 2 is 2.20 bits per heavy atom. The first-order valence-corrected chi connectivity index (χ1v) is 7.35. The lowest BCUT2D eigenvalue weighted by Gasteiger charge is -2.32. The average molecular weight is 279 g/mol. The number of hydrogen-bond acceptors (Lipinski definition) is 4. The van der Waals surface area contributed by atoms with Crippen LogP contribution in [-0.4, -0.2) is 43.4 Å². The standard InChI is InChI=1S/C16H25NO3/c1-17-9-4-3-5-14(17)8-10-20-16-11-15(19-2)7-6-13(16)12-18/h6-7,11,14,18H,3-5,8-10,12H2,1-2H3. The largest absolute Gasteiger partial charge is 0.497 e. The molecule has 112 valence electrons. The Morgan fingerprint density at radius 1 is 1.35 bits per heavy atom. The molecule has 1 unspecified atom stereocenters. The predicted octanol–water partition coefficient (Wildman–Crippen LogP) is 2.44. The number of aliphatic hydroxyl groups is 1. The summed E-state index contributed by atoms with van der Waals surface area (Å²) in [5.41, 5.74) is 0.808. The first-order chi connectivity index (χ1) is 9.74. The summed E-state index contributed by atoms with van der Waals surface area (Å²) >= 11 is 0. The quantitative estimate of drug-likeness (QED) is 0.868. The van der Waals surface area contributed by atoms with Crippen LogP contribution >= 0.6 is 0 Å². The second-order valence-corrected chi connectivity index (χ2v) is 5.40. The van der Waals surface area contributed by atoms with Crippen molar-refractivity contribution in [3.63, 3.8) is 0 Å². The Kier molecular flexibility index (Phi) is 5.68. The van der Waals surface area contributed by atoms with Crippen molar-refractivity contribution >= 4 is 0 Å². The minimum absolute atomic E-state index is 0.0113. The molecule has 1 aromatic rings. The molecule has 1 aliphatic rings. The molecule has 4 nitrogen and oxygen atoms in total. The Morgan fingerprint density at radius 3 is 2.90 bits per heavy atom. The van der Waals surface area contributed by atoms with E-state index in [9.17, 15) is 5.11 Å². The molecular formula is C16H25NO3. The van der Waals surface area contributed by atoms with Gasteiger partial charge in [0.1, 0.15) is 11.5 Å². The molecule has 2 rings (SSSR count). The fourth-order valence-corrected chi connectivity index (χ4v) is 2.74. The van der Waals surface area contributed by atoms with Crippen LogP contribution in [0.2, 0.25) is 0 Å². The molecule has 1 N–H and O–H groups in total. The Balaban J connectivity index is 1.89. The van der Waals surface area contributed by atoms with E-state index in [4.69, 9.17) is 9.47 Å². The third-order valence-electron chi connectivity index (χ3n) is 4.07. The summed E-state index contributed by atoms with van der Waals surface area (Å²) in [4.78, 5) is 2.42. The topological polar surface area (TPSA) is 41.9 Å². The van der Waals surface area contributed by atoms with E-state index in [1.807, 2.05) is 18.2 Å². The van der Waals surface area contributed by atoms with E-state index in [1.54, 1.807) is 7.11 Å². The molecular weight excluding hydrogens is 254 g/mol. The summed E-state index contributed by atoms with van der Waals surface area (Å²) < 4.78 is 11.1. The molecule has 0 aliphatic carbocycles. The van der Waals surface area contributed by atoms with Crippen LogP contribution in [0.1, 0.15) is 31.2 Å². The molecule has 0 bridgehead atoms. The second kappa shape index (κ2) is 7.50. The number of benzene rings is 1. The fourth-order valence-electron chi connectivity index (χ4n) is 2.74. The zero-order valence-corrected chi connectivity index (χ0v) is 12.5. The average Bonchev–Trinajstić information content (AvgIpc) is 2.49. The molecule has 1 saturated heterocycles. The van der Waals surface area contributed by atoms with Crippen molar-refractivity contribution in [3.05, 3.63) is 23.8 Å². The van der Waals surface area contributed by atoms with Gasteiger partial charge in [0, 0.05) is 17.7 Å². The first kappa shape index (κ1) is 15.1. The van der Waals surface area contributed by atoms with Crippen LogP contribution in [0.3, 0.4) is 0 Å². The van der Waals surface area contributed by atoms with Crippen LogP contribution < -0.4 is 9.47 Å². The van der Waals surface area contributed by atoms with Crippen LogP contribution in [0.25, 0.3) is 0 Å². The van der Waals surface area contributed by atoms with Gasteiger partial charge in [-0.15, -0.1) is 0 Å². The second-order valence-electron chi connectivity index (χ2n) is 5.40. The van der Waals surface area contributed by atoms with Gasteiger partial charge in [-0.3, -0.25) is 0 Å². The third kappa shape index (κ3) is 3.87. The summed E-state index contributed by atoms with van der Waals surface area (Å²) in [6.45, 7) is 1.85. The van der Waals surface area contributed by atoms with Gasteiger partial charge in [-0.25, -0.2) is 0 Å². The monoisotopic (exact) mass is 279 g/mol. The van der Waals surface area contributed by atoms with Crippen LogP contribution in [0.5, 0.6) is 11.5 Å². The Labute approximate surface area is 121 Å². The van der Waals surface area contributed by atoms with Gasteiger partial charge in [0.15, 0.2) is 0 Å². The maximum Gasteiger partial charge on any atom is 0.128 e. The van der Waals surface area contributed by atoms with Crippen molar-refractivity contribution < 1.29 is 14.6 Å². The van der Waals surface area contributed by atoms with Crippen LogP contribution in [-0.2, 0) is 6.61 Å². The van der Waals surface area contributed by atoms with Gasteiger partial charge < -0.3 is 19.5 Å². The molecule has 1 heterocycles. The van der Waals surface area contributed by atoms with E-state index in [1.165, 1.54) is 25.8 Å². The van der Waals surface area contributed by atoms with Crippen molar-refractivity contribution in [1.82, 2.24) is 4.90 Å². The van der Waals surface area contributed by atoms with Crippen LogP contribution in [0.15, 0.2) is 18.2 Å². The van der Waals surface area contributed by atoms with E-state index in [2.05, 4.69) is 11.9 Å². The smallest absolute Gasteiger partial charge is 0.128 e. The summed E-state index contributed by atoms with van der Waals surface area (Å²) in [5.74, 6) is 1.48. The normalized spacial score (nSPS) is 19.9. The Bertz CT molecular complexity index is 422. The number of likely N-dealkylation sites (tertiary alicyclic amines) is 1. The lowest BCUT2D eigenvalue weighted by molar-refractivity contribution is 0.152.